The summed E-state index contributed by atoms with van der Waals surface area (Å²) in [5.74, 6) is 3.95. The van der Waals surface area contributed by atoms with Crippen LogP contribution in [0.5, 0.6) is 0 Å². The van der Waals surface area contributed by atoms with Gasteiger partial charge in [-0.15, -0.1) is 0 Å². The fourth-order valence-electron chi connectivity index (χ4n) is 2.03. The standard InChI is InChI=1S/C10H19NOS/c1-8-5-11-10(2,12-6-8)9-3-4-13-7-9/h8-9,11H,3-7H2,1-2H3. The summed E-state index contributed by atoms with van der Waals surface area (Å²) >= 11 is 2.06. The summed E-state index contributed by atoms with van der Waals surface area (Å²) in [5.41, 5.74) is -0.0317. The molecular weight excluding hydrogens is 182 g/mol. The molecule has 0 aromatic carbocycles. The van der Waals surface area contributed by atoms with Gasteiger partial charge in [0.25, 0.3) is 0 Å². The Balaban J connectivity index is 1.95. The van der Waals surface area contributed by atoms with Crippen LogP contribution < -0.4 is 5.32 Å². The van der Waals surface area contributed by atoms with Gasteiger partial charge in [0, 0.05) is 18.2 Å². The minimum atomic E-state index is -0.0317. The third-order valence-corrected chi connectivity index (χ3v) is 4.34. The molecule has 2 nitrogen and oxygen atoms in total. The first-order valence-corrected chi connectivity index (χ1v) is 6.33. The van der Waals surface area contributed by atoms with E-state index in [9.17, 15) is 0 Å². The van der Waals surface area contributed by atoms with Crippen molar-refractivity contribution in [3.8, 4) is 0 Å². The summed E-state index contributed by atoms with van der Waals surface area (Å²) in [6.45, 7) is 6.48. The maximum absolute atomic E-state index is 5.94. The molecule has 0 aliphatic carbocycles. The van der Waals surface area contributed by atoms with E-state index in [1.807, 2.05) is 0 Å². The van der Waals surface area contributed by atoms with E-state index < -0.39 is 0 Å². The minimum Gasteiger partial charge on any atom is -0.360 e. The van der Waals surface area contributed by atoms with Gasteiger partial charge in [0.15, 0.2) is 0 Å². The molecule has 2 saturated heterocycles. The molecule has 2 rings (SSSR count). The highest BCUT2D eigenvalue weighted by atomic mass is 32.2. The van der Waals surface area contributed by atoms with Crippen molar-refractivity contribution < 1.29 is 4.74 Å². The monoisotopic (exact) mass is 201 g/mol. The maximum Gasteiger partial charge on any atom is 0.120 e. The van der Waals surface area contributed by atoms with E-state index in [1.165, 1.54) is 17.9 Å². The average molecular weight is 201 g/mol. The Morgan fingerprint density at radius 3 is 2.92 bits per heavy atom. The van der Waals surface area contributed by atoms with E-state index in [1.54, 1.807) is 0 Å². The molecule has 2 aliphatic heterocycles. The van der Waals surface area contributed by atoms with Crippen molar-refractivity contribution in [2.75, 3.05) is 24.7 Å². The first-order chi connectivity index (χ1) is 6.21. The van der Waals surface area contributed by atoms with Crippen molar-refractivity contribution in [3.63, 3.8) is 0 Å². The van der Waals surface area contributed by atoms with Crippen molar-refractivity contribution in [2.24, 2.45) is 11.8 Å². The second-order valence-electron chi connectivity index (χ2n) is 4.46. The van der Waals surface area contributed by atoms with E-state index in [2.05, 4.69) is 30.9 Å². The molecule has 3 heteroatoms. The molecule has 0 bridgehead atoms. The highest BCUT2D eigenvalue weighted by Gasteiger charge is 2.39. The fourth-order valence-corrected chi connectivity index (χ4v) is 3.42. The molecule has 2 aliphatic rings. The third kappa shape index (κ3) is 2.03. The van der Waals surface area contributed by atoms with Crippen LogP contribution in [0.25, 0.3) is 0 Å². The van der Waals surface area contributed by atoms with Gasteiger partial charge >= 0.3 is 0 Å². The Labute approximate surface area is 84.8 Å². The summed E-state index contributed by atoms with van der Waals surface area (Å²) in [7, 11) is 0. The van der Waals surface area contributed by atoms with Crippen LogP contribution in [0.15, 0.2) is 0 Å². The van der Waals surface area contributed by atoms with Gasteiger partial charge in [-0.1, -0.05) is 6.92 Å². The molecule has 0 radical (unpaired) electrons. The van der Waals surface area contributed by atoms with Crippen LogP contribution in [0.1, 0.15) is 20.3 Å². The van der Waals surface area contributed by atoms with Gasteiger partial charge in [0.05, 0.1) is 6.61 Å². The molecule has 0 spiro atoms. The summed E-state index contributed by atoms with van der Waals surface area (Å²) in [6.07, 6.45) is 1.31. The maximum atomic E-state index is 5.94. The van der Waals surface area contributed by atoms with Crippen molar-refractivity contribution in [3.05, 3.63) is 0 Å². The Kier molecular flexibility index (Phi) is 2.86. The number of nitrogens with one attached hydrogen (secondary N) is 1. The highest BCUT2D eigenvalue weighted by Crippen LogP contribution is 2.34. The molecule has 0 aromatic rings. The van der Waals surface area contributed by atoms with Gasteiger partial charge in [-0.3, -0.25) is 5.32 Å². The van der Waals surface area contributed by atoms with Crippen LogP contribution in [0.2, 0.25) is 0 Å². The Hall–Kier alpha value is 0.270. The van der Waals surface area contributed by atoms with Crippen molar-refractivity contribution in [1.82, 2.24) is 5.32 Å². The first-order valence-electron chi connectivity index (χ1n) is 5.17. The number of ether oxygens (including phenoxy) is 1. The largest absolute Gasteiger partial charge is 0.360 e. The van der Waals surface area contributed by atoms with Gasteiger partial charge in [-0.05, 0) is 25.0 Å². The summed E-state index contributed by atoms with van der Waals surface area (Å²) < 4.78 is 5.94. The topological polar surface area (TPSA) is 21.3 Å². The predicted molar refractivity (Wildman–Crippen MR) is 57.0 cm³/mol. The smallest absolute Gasteiger partial charge is 0.120 e. The van der Waals surface area contributed by atoms with E-state index in [-0.39, 0.29) is 5.72 Å². The summed E-state index contributed by atoms with van der Waals surface area (Å²) in [6, 6.07) is 0. The molecule has 0 aromatic heterocycles. The summed E-state index contributed by atoms with van der Waals surface area (Å²) in [5, 5.41) is 3.55. The zero-order valence-corrected chi connectivity index (χ0v) is 9.32. The normalized spacial score (nSPS) is 46.6. The lowest BCUT2D eigenvalue weighted by Gasteiger charge is -2.41. The molecule has 0 amide bonds. The van der Waals surface area contributed by atoms with Crippen LogP contribution in [0.3, 0.4) is 0 Å². The summed E-state index contributed by atoms with van der Waals surface area (Å²) in [4.78, 5) is 0. The van der Waals surface area contributed by atoms with Crippen molar-refractivity contribution >= 4 is 11.8 Å². The molecule has 2 heterocycles. The van der Waals surface area contributed by atoms with Crippen molar-refractivity contribution in [2.45, 2.75) is 26.0 Å². The molecule has 76 valence electrons. The van der Waals surface area contributed by atoms with Crippen LogP contribution in [-0.2, 0) is 4.74 Å². The van der Waals surface area contributed by atoms with Crippen LogP contribution in [0.4, 0.5) is 0 Å². The molecule has 13 heavy (non-hydrogen) atoms. The lowest BCUT2D eigenvalue weighted by Crippen LogP contribution is -2.57. The zero-order chi connectivity index (χ0) is 9.31. The molecular formula is C10H19NOS. The highest BCUT2D eigenvalue weighted by molar-refractivity contribution is 7.99. The van der Waals surface area contributed by atoms with E-state index in [0.29, 0.717) is 11.8 Å². The van der Waals surface area contributed by atoms with Gasteiger partial charge in [0.2, 0.25) is 0 Å². The average Bonchev–Trinajstić information content (AvgIpc) is 2.63. The van der Waals surface area contributed by atoms with Gasteiger partial charge in [-0.2, -0.15) is 11.8 Å². The van der Waals surface area contributed by atoms with Gasteiger partial charge in [-0.25, -0.2) is 0 Å². The lowest BCUT2D eigenvalue weighted by molar-refractivity contribution is -0.130. The van der Waals surface area contributed by atoms with E-state index in [4.69, 9.17) is 4.74 Å². The van der Waals surface area contributed by atoms with Crippen LogP contribution in [0, 0.1) is 11.8 Å². The van der Waals surface area contributed by atoms with Gasteiger partial charge < -0.3 is 4.74 Å². The quantitative estimate of drug-likeness (QED) is 0.698. The second-order valence-corrected chi connectivity index (χ2v) is 5.61. The number of hydrogen-bond acceptors (Lipinski definition) is 3. The Morgan fingerprint density at radius 1 is 1.54 bits per heavy atom. The lowest BCUT2D eigenvalue weighted by atomic mass is 9.94. The zero-order valence-electron chi connectivity index (χ0n) is 8.51. The molecule has 3 atom stereocenters. The van der Waals surface area contributed by atoms with Crippen LogP contribution in [-0.4, -0.2) is 30.4 Å². The Morgan fingerprint density at radius 2 is 2.38 bits per heavy atom. The first kappa shape index (κ1) is 9.81. The van der Waals surface area contributed by atoms with Crippen molar-refractivity contribution in [1.29, 1.82) is 0 Å². The third-order valence-electron chi connectivity index (χ3n) is 3.18. The SMILES string of the molecule is CC1CNC(C)(C2CCSC2)OC1. The number of hydrogen-bond donors (Lipinski definition) is 1. The fraction of sp³-hybridized carbons (Fsp3) is 1.00. The number of thioether (sulfide) groups is 1. The van der Waals surface area contributed by atoms with Gasteiger partial charge in [0.1, 0.15) is 5.72 Å². The van der Waals surface area contributed by atoms with Crippen LogP contribution >= 0.6 is 11.8 Å². The molecule has 1 N–H and O–H groups in total. The van der Waals surface area contributed by atoms with E-state index in [0.717, 1.165) is 13.2 Å². The molecule has 0 saturated carbocycles. The molecule has 2 fully saturated rings. The second kappa shape index (κ2) is 3.79. The minimum absolute atomic E-state index is 0.0317. The van der Waals surface area contributed by atoms with E-state index >= 15 is 0 Å². The number of rotatable bonds is 1. The predicted octanol–water partition coefficient (Wildman–Crippen LogP) is 1.71. The molecule has 3 unspecified atom stereocenters. The Bertz CT molecular complexity index is 172.